The first-order chi connectivity index (χ1) is 12.9. The van der Waals surface area contributed by atoms with Gasteiger partial charge in [-0.3, -0.25) is 4.79 Å². The number of ether oxygens (including phenoxy) is 1. The van der Waals surface area contributed by atoms with E-state index in [0.29, 0.717) is 5.82 Å². The summed E-state index contributed by atoms with van der Waals surface area (Å²) in [4.78, 5) is 15.9. The van der Waals surface area contributed by atoms with Gasteiger partial charge in [0.1, 0.15) is 24.3 Å². The molecule has 142 valence electrons. The molecule has 0 aliphatic carbocycles. The van der Waals surface area contributed by atoms with Crippen molar-refractivity contribution in [3.63, 3.8) is 0 Å². The molecule has 1 aromatic heterocycles. The fraction of sp³-hybridized carbons (Fsp3) is 0.333. The number of carbonyl (C=O) groups excluding carboxylic acids is 1. The lowest BCUT2D eigenvalue weighted by Gasteiger charge is -2.18. The van der Waals surface area contributed by atoms with Crippen LogP contribution in [-0.2, 0) is 17.8 Å². The Bertz CT molecular complexity index is 978. The third kappa shape index (κ3) is 4.11. The van der Waals surface area contributed by atoms with Crippen molar-refractivity contribution in [1.82, 2.24) is 9.55 Å². The Hall–Kier alpha value is -2.86. The van der Waals surface area contributed by atoms with Gasteiger partial charge in [0, 0.05) is 0 Å². The minimum Gasteiger partial charge on any atom is -0.490 e. The zero-order chi connectivity index (χ0) is 19.6. The van der Waals surface area contributed by atoms with Crippen LogP contribution < -0.4 is 10.5 Å². The minimum absolute atomic E-state index is 0.0261. The maximum absolute atomic E-state index is 11.4. The Morgan fingerprint density at radius 1 is 1.19 bits per heavy atom. The predicted octanol–water partition coefficient (Wildman–Crippen LogP) is 2.43. The monoisotopic (exact) mass is 367 g/mol. The van der Waals surface area contributed by atoms with Gasteiger partial charge in [-0.25, -0.2) is 4.98 Å². The molecule has 0 saturated heterocycles. The lowest BCUT2D eigenvalue weighted by molar-refractivity contribution is -0.117. The van der Waals surface area contributed by atoms with Crippen LogP contribution >= 0.6 is 0 Å². The summed E-state index contributed by atoms with van der Waals surface area (Å²) in [6.45, 7) is 6.45. The molecule has 0 aliphatic rings. The highest BCUT2D eigenvalue weighted by Gasteiger charge is 2.17. The molecule has 0 aliphatic heterocycles. The molecular weight excluding hydrogens is 342 g/mol. The molecule has 3 aromatic rings. The summed E-state index contributed by atoms with van der Waals surface area (Å²) in [6, 6.07) is 11.6. The summed E-state index contributed by atoms with van der Waals surface area (Å²) in [7, 11) is 0. The summed E-state index contributed by atoms with van der Waals surface area (Å²) < 4.78 is 7.75. The maximum Gasteiger partial charge on any atom is 0.225 e. The van der Waals surface area contributed by atoms with Gasteiger partial charge in [-0.05, 0) is 49.6 Å². The highest BCUT2D eigenvalue weighted by Crippen LogP contribution is 2.26. The van der Waals surface area contributed by atoms with E-state index in [4.69, 9.17) is 10.5 Å². The number of para-hydroxylation sites is 2. The van der Waals surface area contributed by atoms with Gasteiger partial charge >= 0.3 is 0 Å². The third-order valence-electron chi connectivity index (χ3n) is 4.75. The maximum atomic E-state index is 11.4. The van der Waals surface area contributed by atoms with Crippen LogP contribution in [0.1, 0.15) is 22.5 Å². The fourth-order valence-corrected chi connectivity index (χ4v) is 3.21. The highest BCUT2D eigenvalue weighted by molar-refractivity contribution is 5.80. The molecule has 6 heteroatoms. The van der Waals surface area contributed by atoms with E-state index >= 15 is 0 Å². The van der Waals surface area contributed by atoms with Crippen molar-refractivity contribution in [2.75, 3.05) is 6.61 Å². The van der Waals surface area contributed by atoms with Crippen molar-refractivity contribution in [2.24, 2.45) is 5.73 Å². The molecule has 6 nitrogen and oxygen atoms in total. The van der Waals surface area contributed by atoms with Crippen LogP contribution in [0.5, 0.6) is 5.75 Å². The topological polar surface area (TPSA) is 90.4 Å². The molecule has 0 bridgehead atoms. The standard InChI is InChI=1S/C21H25N3O3/c1-13-8-9-14(2)21(15(13)3)27-12-16(25)11-24-18-7-5-4-6-17(18)23-20(24)10-19(22)26/h4-9,16,25H,10-12H2,1-3H3,(H2,22,26)/t16-/m1/s1. The van der Waals surface area contributed by atoms with Crippen molar-refractivity contribution in [2.45, 2.75) is 39.8 Å². The van der Waals surface area contributed by atoms with Gasteiger partial charge in [0.2, 0.25) is 5.91 Å². The Labute approximate surface area is 158 Å². The number of aliphatic hydroxyl groups excluding tert-OH is 1. The molecule has 0 radical (unpaired) electrons. The van der Waals surface area contributed by atoms with Crippen molar-refractivity contribution >= 4 is 16.9 Å². The first kappa shape index (κ1) is 18.9. The van der Waals surface area contributed by atoms with E-state index in [1.165, 1.54) is 0 Å². The fourth-order valence-electron chi connectivity index (χ4n) is 3.21. The van der Waals surface area contributed by atoms with Crippen LogP contribution in [0.4, 0.5) is 0 Å². The first-order valence-corrected chi connectivity index (χ1v) is 8.97. The van der Waals surface area contributed by atoms with E-state index in [9.17, 15) is 9.90 Å². The predicted molar refractivity (Wildman–Crippen MR) is 105 cm³/mol. The number of aryl methyl sites for hydroxylation is 2. The van der Waals surface area contributed by atoms with Crippen LogP contribution in [0.3, 0.4) is 0 Å². The largest absolute Gasteiger partial charge is 0.490 e. The lowest BCUT2D eigenvalue weighted by Crippen LogP contribution is -2.26. The van der Waals surface area contributed by atoms with Crippen LogP contribution in [0.25, 0.3) is 11.0 Å². The summed E-state index contributed by atoms with van der Waals surface area (Å²) in [5.41, 5.74) is 10.2. The zero-order valence-electron chi connectivity index (χ0n) is 15.9. The first-order valence-electron chi connectivity index (χ1n) is 8.97. The summed E-state index contributed by atoms with van der Waals surface area (Å²) in [5, 5.41) is 10.6. The number of amides is 1. The summed E-state index contributed by atoms with van der Waals surface area (Å²) >= 11 is 0. The Morgan fingerprint density at radius 2 is 1.89 bits per heavy atom. The van der Waals surface area contributed by atoms with Gasteiger partial charge in [-0.2, -0.15) is 0 Å². The number of nitrogens with zero attached hydrogens (tertiary/aromatic N) is 2. The number of primary amides is 1. The molecule has 3 N–H and O–H groups in total. The van der Waals surface area contributed by atoms with E-state index in [0.717, 1.165) is 33.5 Å². The smallest absolute Gasteiger partial charge is 0.225 e. The second-order valence-electron chi connectivity index (χ2n) is 6.89. The normalized spacial score (nSPS) is 12.3. The van der Waals surface area contributed by atoms with Crippen molar-refractivity contribution in [3.8, 4) is 5.75 Å². The average Bonchev–Trinajstić information content (AvgIpc) is 2.95. The molecule has 1 amide bonds. The number of rotatable bonds is 7. The Balaban J connectivity index is 1.79. The number of aliphatic hydroxyl groups is 1. The lowest BCUT2D eigenvalue weighted by atomic mass is 10.1. The second kappa shape index (κ2) is 7.80. The molecule has 0 spiro atoms. The van der Waals surface area contributed by atoms with E-state index in [1.54, 1.807) is 0 Å². The third-order valence-corrected chi connectivity index (χ3v) is 4.75. The second-order valence-corrected chi connectivity index (χ2v) is 6.89. The van der Waals surface area contributed by atoms with Gasteiger partial charge in [-0.1, -0.05) is 24.3 Å². The molecular formula is C21H25N3O3. The van der Waals surface area contributed by atoms with E-state index in [-0.39, 0.29) is 19.6 Å². The van der Waals surface area contributed by atoms with Crippen molar-refractivity contribution in [3.05, 3.63) is 58.9 Å². The number of hydrogen-bond donors (Lipinski definition) is 2. The number of benzene rings is 2. The molecule has 2 aromatic carbocycles. The Morgan fingerprint density at radius 3 is 2.63 bits per heavy atom. The number of fused-ring (bicyclic) bond motifs is 1. The number of aromatic nitrogens is 2. The van der Waals surface area contributed by atoms with E-state index < -0.39 is 12.0 Å². The van der Waals surface area contributed by atoms with Crippen LogP contribution in [0.2, 0.25) is 0 Å². The molecule has 27 heavy (non-hydrogen) atoms. The summed E-state index contributed by atoms with van der Waals surface area (Å²) in [5.74, 6) is 0.899. The number of carbonyl (C=O) groups is 1. The molecule has 1 atom stereocenters. The molecule has 1 heterocycles. The van der Waals surface area contributed by atoms with E-state index in [2.05, 4.69) is 11.1 Å². The Kier molecular flexibility index (Phi) is 5.46. The number of nitrogens with two attached hydrogens (primary N) is 1. The number of hydrogen-bond acceptors (Lipinski definition) is 4. The van der Waals surface area contributed by atoms with Gasteiger partial charge < -0.3 is 20.1 Å². The van der Waals surface area contributed by atoms with Crippen LogP contribution in [0, 0.1) is 20.8 Å². The minimum atomic E-state index is -0.756. The average molecular weight is 367 g/mol. The zero-order valence-corrected chi connectivity index (χ0v) is 15.9. The van der Waals surface area contributed by atoms with Crippen molar-refractivity contribution in [1.29, 1.82) is 0 Å². The van der Waals surface area contributed by atoms with Gasteiger partial charge in [-0.15, -0.1) is 0 Å². The van der Waals surface area contributed by atoms with Gasteiger partial charge in [0.15, 0.2) is 0 Å². The van der Waals surface area contributed by atoms with E-state index in [1.807, 2.05) is 55.7 Å². The van der Waals surface area contributed by atoms with Gasteiger partial charge in [0.05, 0.1) is 24.0 Å². The van der Waals surface area contributed by atoms with Crippen LogP contribution in [0.15, 0.2) is 36.4 Å². The molecule has 0 unspecified atom stereocenters. The molecule has 3 rings (SSSR count). The SMILES string of the molecule is Cc1ccc(C)c(OC[C@H](O)Cn2c(CC(N)=O)nc3ccccc32)c1C. The summed E-state index contributed by atoms with van der Waals surface area (Å²) in [6.07, 6.45) is -0.730. The van der Waals surface area contributed by atoms with Crippen molar-refractivity contribution < 1.29 is 14.6 Å². The number of imidazole rings is 1. The quantitative estimate of drug-likeness (QED) is 0.671. The highest BCUT2D eigenvalue weighted by atomic mass is 16.5. The molecule has 0 saturated carbocycles. The molecule has 0 fully saturated rings. The van der Waals surface area contributed by atoms with Gasteiger partial charge in [0.25, 0.3) is 0 Å². The van der Waals surface area contributed by atoms with Crippen LogP contribution in [-0.4, -0.2) is 33.3 Å².